The molecule has 1 aliphatic heterocycles. The Balaban J connectivity index is 1.85. The average Bonchev–Trinajstić information content (AvgIpc) is 2.36. The smallest absolute Gasteiger partial charge is 0.164 e. The lowest BCUT2D eigenvalue weighted by Gasteiger charge is -2.37. The number of hydrogen-bond donors (Lipinski definition) is 0. The van der Waals surface area contributed by atoms with Crippen LogP contribution in [0.5, 0.6) is 0 Å². The lowest BCUT2D eigenvalue weighted by atomic mass is 10.1. The number of carbonyl (C=O) groups is 1. The van der Waals surface area contributed by atoms with Gasteiger partial charge in [-0.3, -0.25) is 4.79 Å². The van der Waals surface area contributed by atoms with Crippen LogP contribution in [0.4, 0.5) is 0 Å². The van der Waals surface area contributed by atoms with Gasteiger partial charge in [0.25, 0.3) is 0 Å². The van der Waals surface area contributed by atoms with Crippen LogP contribution in [0.3, 0.4) is 0 Å². The van der Waals surface area contributed by atoms with Gasteiger partial charge in [0, 0.05) is 46.6 Å². The minimum absolute atomic E-state index is 0.239. The van der Waals surface area contributed by atoms with Crippen molar-refractivity contribution in [2.24, 2.45) is 0 Å². The first-order valence-corrected chi connectivity index (χ1v) is 8.39. The van der Waals surface area contributed by atoms with Crippen LogP contribution in [0, 0.1) is 0 Å². The molecule has 1 heterocycles. The van der Waals surface area contributed by atoms with E-state index in [4.69, 9.17) is 0 Å². The largest absolute Gasteiger partial charge is 0.301 e. The fraction of sp³-hybridized carbons (Fsp3) is 0.533. The topological polar surface area (TPSA) is 20.3 Å². The Hall–Kier alpha value is -0.320. The summed E-state index contributed by atoms with van der Waals surface area (Å²) in [4.78, 5) is 14.5. The fourth-order valence-corrected chi connectivity index (χ4v) is 3.79. The third kappa shape index (κ3) is 4.62. The Kier molecular flexibility index (Phi) is 5.09. The molecule has 0 aromatic heterocycles. The van der Waals surface area contributed by atoms with Crippen molar-refractivity contribution in [3.05, 3.63) is 34.3 Å². The van der Waals surface area contributed by atoms with Gasteiger partial charge in [0.2, 0.25) is 0 Å². The zero-order valence-corrected chi connectivity index (χ0v) is 13.9. The van der Waals surface area contributed by atoms with E-state index >= 15 is 0 Å². The van der Waals surface area contributed by atoms with Gasteiger partial charge >= 0.3 is 0 Å². The van der Waals surface area contributed by atoms with Crippen molar-refractivity contribution >= 4 is 33.5 Å². The Morgan fingerprint density at radius 1 is 1.37 bits per heavy atom. The molecule has 1 saturated heterocycles. The van der Waals surface area contributed by atoms with E-state index in [-0.39, 0.29) is 5.78 Å². The van der Waals surface area contributed by atoms with Crippen molar-refractivity contribution in [1.82, 2.24) is 4.90 Å². The van der Waals surface area contributed by atoms with Crippen molar-refractivity contribution in [3.8, 4) is 0 Å². The molecule has 104 valence electrons. The highest BCUT2D eigenvalue weighted by atomic mass is 79.9. The van der Waals surface area contributed by atoms with Crippen LogP contribution in [0.2, 0.25) is 0 Å². The first-order valence-electron chi connectivity index (χ1n) is 6.61. The second-order valence-electron chi connectivity index (χ2n) is 5.56. The van der Waals surface area contributed by atoms with Gasteiger partial charge in [-0.15, -0.1) is 0 Å². The molecule has 0 bridgehead atoms. The van der Waals surface area contributed by atoms with E-state index in [1.165, 1.54) is 5.75 Å². The molecule has 0 amide bonds. The van der Waals surface area contributed by atoms with Crippen LogP contribution < -0.4 is 0 Å². The van der Waals surface area contributed by atoms with Crippen LogP contribution in [0.1, 0.15) is 30.6 Å². The summed E-state index contributed by atoms with van der Waals surface area (Å²) in [5.74, 6) is 1.41. The molecular weight excluding hydrogens is 322 g/mol. The number of thioether (sulfide) groups is 1. The van der Waals surface area contributed by atoms with Crippen LogP contribution in [-0.2, 0) is 0 Å². The molecule has 0 unspecified atom stereocenters. The summed E-state index contributed by atoms with van der Waals surface area (Å²) in [7, 11) is 0. The Labute approximate surface area is 128 Å². The zero-order chi connectivity index (χ0) is 13.9. The maximum Gasteiger partial charge on any atom is 0.164 e. The predicted octanol–water partition coefficient (Wildman–Crippen LogP) is 3.85. The van der Waals surface area contributed by atoms with E-state index in [0.717, 1.165) is 29.7 Å². The number of hydrogen-bond acceptors (Lipinski definition) is 3. The molecule has 4 heteroatoms. The summed E-state index contributed by atoms with van der Waals surface area (Å²) in [5.41, 5.74) is 0.814. The number of carbonyl (C=O) groups excluding carboxylic acids is 1. The van der Waals surface area contributed by atoms with Gasteiger partial charge in [-0.2, -0.15) is 11.8 Å². The number of ketones is 1. The molecule has 0 saturated carbocycles. The maximum atomic E-state index is 12.1. The van der Waals surface area contributed by atoms with Gasteiger partial charge in [-0.25, -0.2) is 0 Å². The lowest BCUT2D eigenvalue weighted by molar-refractivity contribution is 0.0962. The highest BCUT2D eigenvalue weighted by molar-refractivity contribution is 9.10. The van der Waals surface area contributed by atoms with Gasteiger partial charge in [0.15, 0.2) is 5.78 Å². The molecular formula is C15H20BrNOS. The van der Waals surface area contributed by atoms with E-state index in [0.29, 0.717) is 11.2 Å². The van der Waals surface area contributed by atoms with Gasteiger partial charge in [-0.1, -0.05) is 28.1 Å². The van der Waals surface area contributed by atoms with Crippen molar-refractivity contribution < 1.29 is 4.79 Å². The van der Waals surface area contributed by atoms with Crippen molar-refractivity contribution in [2.45, 2.75) is 25.0 Å². The molecule has 1 aliphatic rings. The van der Waals surface area contributed by atoms with Gasteiger partial charge in [0.1, 0.15) is 0 Å². The minimum Gasteiger partial charge on any atom is -0.301 e. The van der Waals surface area contributed by atoms with Crippen LogP contribution in [-0.4, -0.2) is 40.8 Å². The van der Waals surface area contributed by atoms with Crippen molar-refractivity contribution in [1.29, 1.82) is 0 Å². The number of rotatable bonds is 4. The molecule has 1 fully saturated rings. The fourth-order valence-electron chi connectivity index (χ4n) is 2.34. The van der Waals surface area contributed by atoms with E-state index in [1.54, 1.807) is 0 Å². The SMILES string of the molecule is CC1(C)CN(CCC(=O)c2ccc(Br)cc2)CCS1. The van der Waals surface area contributed by atoms with Crippen molar-refractivity contribution in [3.63, 3.8) is 0 Å². The zero-order valence-electron chi connectivity index (χ0n) is 11.5. The van der Waals surface area contributed by atoms with Gasteiger partial charge in [0.05, 0.1) is 0 Å². The molecule has 0 atom stereocenters. The molecule has 0 radical (unpaired) electrons. The third-order valence-corrected chi connectivity index (χ3v) is 5.15. The number of halogens is 1. The molecule has 2 nitrogen and oxygen atoms in total. The summed E-state index contributed by atoms with van der Waals surface area (Å²) in [6.07, 6.45) is 0.613. The number of nitrogens with zero attached hydrogens (tertiary/aromatic N) is 1. The predicted molar refractivity (Wildman–Crippen MR) is 86.1 cm³/mol. The molecule has 19 heavy (non-hydrogen) atoms. The highest BCUT2D eigenvalue weighted by Crippen LogP contribution is 2.29. The number of benzene rings is 1. The lowest BCUT2D eigenvalue weighted by Crippen LogP contribution is -2.43. The molecule has 1 aromatic carbocycles. The first-order chi connectivity index (χ1) is 8.96. The Morgan fingerprint density at radius 3 is 2.68 bits per heavy atom. The minimum atomic E-state index is 0.239. The summed E-state index contributed by atoms with van der Waals surface area (Å²) in [6, 6.07) is 7.63. The first kappa shape index (κ1) is 15.1. The summed E-state index contributed by atoms with van der Waals surface area (Å²) in [5, 5.41) is 0. The van der Waals surface area contributed by atoms with E-state index in [9.17, 15) is 4.79 Å². The second kappa shape index (κ2) is 6.42. The standard InChI is InChI=1S/C15H20BrNOS/c1-15(2)11-17(9-10-19-15)8-7-14(18)12-3-5-13(16)6-4-12/h3-6H,7-11H2,1-2H3. The molecule has 2 rings (SSSR count). The average molecular weight is 342 g/mol. The quantitative estimate of drug-likeness (QED) is 0.776. The van der Waals surface area contributed by atoms with Crippen molar-refractivity contribution in [2.75, 3.05) is 25.4 Å². The number of Topliss-reactive ketones (excluding diaryl/α,β-unsaturated/α-hetero) is 1. The summed E-state index contributed by atoms with van der Waals surface area (Å²) < 4.78 is 1.33. The molecule has 0 N–H and O–H groups in total. The van der Waals surface area contributed by atoms with Crippen LogP contribution in [0.25, 0.3) is 0 Å². The Bertz CT molecular complexity index is 444. The molecule has 1 aromatic rings. The maximum absolute atomic E-state index is 12.1. The van der Waals surface area contributed by atoms with Crippen LogP contribution >= 0.6 is 27.7 Å². The highest BCUT2D eigenvalue weighted by Gasteiger charge is 2.26. The second-order valence-corrected chi connectivity index (χ2v) is 8.28. The summed E-state index contributed by atoms with van der Waals surface area (Å²) in [6.45, 7) is 7.60. The van der Waals surface area contributed by atoms with Crippen LogP contribution in [0.15, 0.2) is 28.7 Å². The van der Waals surface area contributed by atoms with E-state index in [2.05, 4.69) is 34.7 Å². The van der Waals surface area contributed by atoms with Gasteiger partial charge in [-0.05, 0) is 26.0 Å². The normalized spacial score (nSPS) is 19.3. The molecule has 0 aliphatic carbocycles. The third-order valence-electron chi connectivity index (χ3n) is 3.33. The monoisotopic (exact) mass is 341 g/mol. The molecule has 0 spiro atoms. The van der Waals surface area contributed by atoms with E-state index < -0.39 is 0 Å². The van der Waals surface area contributed by atoms with Gasteiger partial charge < -0.3 is 4.90 Å². The summed E-state index contributed by atoms with van der Waals surface area (Å²) >= 11 is 5.41. The Morgan fingerprint density at radius 2 is 2.05 bits per heavy atom. The van der Waals surface area contributed by atoms with E-state index in [1.807, 2.05) is 36.0 Å².